The second-order valence-electron chi connectivity index (χ2n) is 7.51. The Bertz CT molecular complexity index is 1130. The van der Waals surface area contributed by atoms with Crippen molar-refractivity contribution >= 4 is 32.7 Å². The molecule has 0 bridgehead atoms. The summed E-state index contributed by atoms with van der Waals surface area (Å²) in [4.78, 5) is 22.3. The zero-order valence-corrected chi connectivity index (χ0v) is 17.1. The summed E-state index contributed by atoms with van der Waals surface area (Å²) < 4.78 is 25.6. The number of benzene rings is 1. The molecule has 0 aliphatic carbocycles. The van der Waals surface area contributed by atoms with E-state index in [-0.39, 0.29) is 12.3 Å². The number of H-pyrrole nitrogens is 1. The Balaban J connectivity index is 1.41. The minimum Gasteiger partial charge on any atom is -0.346 e. The maximum absolute atomic E-state index is 12.8. The molecule has 0 spiro atoms. The molecule has 8 heteroatoms. The highest BCUT2D eigenvalue weighted by Gasteiger charge is 2.26. The third-order valence-corrected chi connectivity index (χ3v) is 6.02. The van der Waals surface area contributed by atoms with E-state index in [1.54, 1.807) is 24.4 Å². The molecule has 2 aromatic heterocycles. The first kappa shape index (κ1) is 19.4. The van der Waals surface area contributed by atoms with Crippen molar-refractivity contribution in [1.29, 1.82) is 0 Å². The average molecular weight is 413 g/mol. The summed E-state index contributed by atoms with van der Waals surface area (Å²) in [5.41, 5.74) is 3.32. The van der Waals surface area contributed by atoms with Crippen molar-refractivity contribution in [2.24, 2.45) is 0 Å². The maximum atomic E-state index is 12.8. The van der Waals surface area contributed by atoms with Crippen LogP contribution in [0.3, 0.4) is 0 Å². The number of anilines is 1. The van der Waals surface area contributed by atoms with Crippen LogP contribution in [0.5, 0.6) is 0 Å². The number of hydrogen-bond acceptors (Lipinski definition) is 4. The summed E-state index contributed by atoms with van der Waals surface area (Å²) in [7, 11) is -3.39. The number of sulfonamides is 1. The molecule has 1 aromatic carbocycles. The summed E-state index contributed by atoms with van der Waals surface area (Å²) in [6, 6.07) is 11.1. The summed E-state index contributed by atoms with van der Waals surface area (Å²) in [5, 5.41) is 1.15. The van der Waals surface area contributed by atoms with Gasteiger partial charge in [0.05, 0.1) is 18.4 Å². The minimum atomic E-state index is -3.39. The van der Waals surface area contributed by atoms with Gasteiger partial charge in [-0.15, -0.1) is 0 Å². The lowest BCUT2D eigenvalue weighted by Gasteiger charge is -2.32. The van der Waals surface area contributed by atoms with Gasteiger partial charge < -0.3 is 9.88 Å². The SMILES string of the molecule is CS(=O)(=O)Nc1ccccc1CC(=O)N1CCC(c2c[nH]c3ncccc23)CC1. The van der Waals surface area contributed by atoms with E-state index in [1.807, 2.05) is 23.2 Å². The van der Waals surface area contributed by atoms with Gasteiger partial charge in [-0.05, 0) is 48.1 Å². The van der Waals surface area contributed by atoms with Crippen LogP contribution < -0.4 is 4.72 Å². The average Bonchev–Trinajstić information content (AvgIpc) is 3.13. The van der Waals surface area contributed by atoms with Crippen LogP contribution in [-0.4, -0.2) is 48.5 Å². The van der Waals surface area contributed by atoms with Crippen LogP contribution in [-0.2, 0) is 21.2 Å². The Morgan fingerprint density at radius 1 is 1.21 bits per heavy atom. The number of piperidine rings is 1. The first-order valence-corrected chi connectivity index (χ1v) is 11.6. The fourth-order valence-corrected chi connectivity index (χ4v) is 4.60. The number of amides is 1. The summed E-state index contributed by atoms with van der Waals surface area (Å²) in [6.45, 7) is 1.39. The van der Waals surface area contributed by atoms with E-state index in [1.165, 1.54) is 5.56 Å². The molecular formula is C21H24N4O3S. The smallest absolute Gasteiger partial charge is 0.229 e. The van der Waals surface area contributed by atoms with Gasteiger partial charge in [-0.1, -0.05) is 18.2 Å². The predicted molar refractivity (Wildman–Crippen MR) is 113 cm³/mol. The Morgan fingerprint density at radius 3 is 2.72 bits per heavy atom. The van der Waals surface area contributed by atoms with Crippen LogP contribution in [0.25, 0.3) is 11.0 Å². The molecule has 1 fully saturated rings. The van der Waals surface area contributed by atoms with Gasteiger partial charge in [0.15, 0.2) is 0 Å². The molecular weight excluding hydrogens is 388 g/mol. The summed E-state index contributed by atoms with van der Waals surface area (Å²) in [6.07, 6.45) is 6.90. The quantitative estimate of drug-likeness (QED) is 0.674. The molecule has 1 saturated heterocycles. The maximum Gasteiger partial charge on any atom is 0.229 e. The van der Waals surface area contributed by atoms with Crippen molar-refractivity contribution in [2.45, 2.75) is 25.2 Å². The number of carbonyl (C=O) groups is 1. The lowest BCUT2D eigenvalue weighted by molar-refractivity contribution is -0.131. The highest BCUT2D eigenvalue weighted by atomic mass is 32.2. The molecule has 2 N–H and O–H groups in total. The van der Waals surface area contributed by atoms with Crippen LogP contribution in [0.2, 0.25) is 0 Å². The predicted octanol–water partition coefficient (Wildman–Crippen LogP) is 2.88. The van der Waals surface area contributed by atoms with Crippen molar-refractivity contribution < 1.29 is 13.2 Å². The number of rotatable bonds is 5. The van der Waals surface area contributed by atoms with E-state index in [9.17, 15) is 13.2 Å². The molecule has 4 rings (SSSR count). The number of pyridine rings is 1. The van der Waals surface area contributed by atoms with E-state index in [4.69, 9.17) is 0 Å². The molecule has 152 valence electrons. The highest BCUT2D eigenvalue weighted by molar-refractivity contribution is 7.92. The van der Waals surface area contributed by atoms with Crippen LogP contribution in [0.1, 0.15) is 29.9 Å². The van der Waals surface area contributed by atoms with Gasteiger partial charge in [0.1, 0.15) is 5.65 Å². The van der Waals surface area contributed by atoms with Gasteiger partial charge in [-0.25, -0.2) is 13.4 Å². The van der Waals surface area contributed by atoms with Gasteiger partial charge >= 0.3 is 0 Å². The first-order valence-electron chi connectivity index (χ1n) is 9.66. The van der Waals surface area contributed by atoms with Crippen molar-refractivity contribution in [2.75, 3.05) is 24.1 Å². The summed E-state index contributed by atoms with van der Waals surface area (Å²) in [5.74, 6) is 0.419. The van der Waals surface area contributed by atoms with Gasteiger partial charge in [0.25, 0.3) is 0 Å². The largest absolute Gasteiger partial charge is 0.346 e. The molecule has 1 amide bonds. The van der Waals surface area contributed by atoms with Gasteiger partial charge in [-0.2, -0.15) is 0 Å². The van der Waals surface area contributed by atoms with E-state index in [2.05, 4.69) is 20.8 Å². The molecule has 0 unspecified atom stereocenters. The molecule has 0 saturated carbocycles. The molecule has 0 radical (unpaired) electrons. The van der Waals surface area contributed by atoms with Crippen LogP contribution in [0.15, 0.2) is 48.8 Å². The fraction of sp³-hybridized carbons (Fsp3) is 0.333. The van der Waals surface area contributed by atoms with Crippen molar-refractivity contribution in [3.63, 3.8) is 0 Å². The van der Waals surface area contributed by atoms with Crippen LogP contribution in [0, 0.1) is 0 Å². The van der Waals surface area contributed by atoms with Gasteiger partial charge in [0.2, 0.25) is 15.9 Å². The fourth-order valence-electron chi connectivity index (χ4n) is 4.00. The Morgan fingerprint density at radius 2 is 1.97 bits per heavy atom. The van der Waals surface area contributed by atoms with E-state index in [0.29, 0.717) is 30.3 Å². The Hall–Kier alpha value is -2.87. The Labute approximate surface area is 170 Å². The second kappa shape index (κ2) is 7.87. The lowest BCUT2D eigenvalue weighted by Crippen LogP contribution is -2.38. The molecule has 3 heterocycles. The number of hydrogen-bond donors (Lipinski definition) is 2. The topological polar surface area (TPSA) is 95.2 Å². The standard InChI is InChI=1S/C21H24N4O3S/c1-29(27,28)24-19-7-3-2-5-16(19)13-20(26)25-11-8-15(9-12-25)18-14-23-21-17(18)6-4-10-22-21/h2-7,10,14-15,24H,8-9,11-13H2,1H3,(H,22,23). The highest BCUT2D eigenvalue weighted by Crippen LogP contribution is 2.32. The van der Waals surface area contributed by atoms with Crippen molar-refractivity contribution in [3.8, 4) is 0 Å². The van der Waals surface area contributed by atoms with Crippen LogP contribution >= 0.6 is 0 Å². The number of fused-ring (bicyclic) bond motifs is 1. The molecule has 7 nitrogen and oxygen atoms in total. The normalized spacial score (nSPS) is 15.6. The van der Waals surface area contributed by atoms with E-state index >= 15 is 0 Å². The third kappa shape index (κ3) is 4.42. The zero-order valence-electron chi connectivity index (χ0n) is 16.3. The number of likely N-dealkylation sites (tertiary alicyclic amines) is 1. The first-order chi connectivity index (χ1) is 13.9. The molecule has 29 heavy (non-hydrogen) atoms. The van der Waals surface area contributed by atoms with Crippen LogP contribution in [0.4, 0.5) is 5.69 Å². The number of nitrogens with zero attached hydrogens (tertiary/aromatic N) is 2. The number of carbonyl (C=O) groups excluding carboxylic acids is 1. The molecule has 3 aromatic rings. The van der Waals surface area contributed by atoms with E-state index in [0.717, 1.165) is 30.1 Å². The lowest BCUT2D eigenvalue weighted by atomic mass is 9.89. The molecule has 1 aliphatic rings. The number of aromatic amines is 1. The number of para-hydroxylation sites is 1. The van der Waals surface area contributed by atoms with Crippen molar-refractivity contribution in [3.05, 3.63) is 59.9 Å². The number of nitrogens with one attached hydrogen (secondary N) is 2. The Kier molecular flexibility index (Phi) is 5.27. The molecule has 1 aliphatic heterocycles. The van der Waals surface area contributed by atoms with Gasteiger partial charge in [0, 0.05) is 30.9 Å². The van der Waals surface area contributed by atoms with Crippen molar-refractivity contribution in [1.82, 2.24) is 14.9 Å². The van der Waals surface area contributed by atoms with E-state index < -0.39 is 10.0 Å². The monoisotopic (exact) mass is 412 g/mol. The van der Waals surface area contributed by atoms with Gasteiger partial charge in [-0.3, -0.25) is 9.52 Å². The second-order valence-corrected chi connectivity index (χ2v) is 9.26. The zero-order chi connectivity index (χ0) is 20.4. The summed E-state index contributed by atoms with van der Waals surface area (Å²) >= 11 is 0. The minimum absolute atomic E-state index is 0.0202. The number of aromatic nitrogens is 2. The molecule has 0 atom stereocenters. The third-order valence-electron chi connectivity index (χ3n) is 5.42.